The summed E-state index contributed by atoms with van der Waals surface area (Å²) in [6.07, 6.45) is 8.41. The van der Waals surface area contributed by atoms with Crippen LogP contribution in [0.15, 0.2) is 48.8 Å². The van der Waals surface area contributed by atoms with Crippen LogP contribution in [0.2, 0.25) is 5.02 Å². The van der Waals surface area contributed by atoms with E-state index in [4.69, 9.17) is 16.3 Å². The zero-order chi connectivity index (χ0) is 27.8. The third-order valence-electron chi connectivity index (χ3n) is 6.79. The fraction of sp³-hybridized carbons (Fsp3) is 0.414. The molecule has 2 heterocycles. The average molecular weight is 556 g/mol. The van der Waals surface area contributed by atoms with Crippen LogP contribution in [-0.4, -0.2) is 57.7 Å². The lowest BCUT2D eigenvalue weighted by Crippen LogP contribution is -2.31. The molecule has 1 aliphatic rings. The molecule has 10 heteroatoms. The summed E-state index contributed by atoms with van der Waals surface area (Å²) in [6, 6.07) is 7.75. The van der Waals surface area contributed by atoms with Gasteiger partial charge < -0.3 is 20.5 Å². The van der Waals surface area contributed by atoms with Gasteiger partial charge in [0, 0.05) is 29.8 Å². The van der Waals surface area contributed by atoms with Gasteiger partial charge in [0.15, 0.2) is 0 Å². The maximum absolute atomic E-state index is 13.7. The van der Waals surface area contributed by atoms with Gasteiger partial charge in [0.2, 0.25) is 5.91 Å². The van der Waals surface area contributed by atoms with Crippen LogP contribution < -0.4 is 15.4 Å². The van der Waals surface area contributed by atoms with E-state index in [1.165, 1.54) is 43.8 Å². The molecule has 1 amide bonds. The molecule has 2 aromatic carbocycles. The van der Waals surface area contributed by atoms with E-state index in [-0.39, 0.29) is 10.9 Å². The van der Waals surface area contributed by atoms with Crippen molar-refractivity contribution in [2.75, 3.05) is 30.3 Å². The molecule has 2 unspecified atom stereocenters. The first-order chi connectivity index (χ1) is 18.9. The normalized spacial score (nSPS) is 15.8. The number of nitrogens with one attached hydrogen (secondary N) is 2. The number of carbonyl (C=O) groups is 1. The largest absolute Gasteiger partial charge is 0.485 e. The number of amides is 1. The topological polar surface area (TPSA) is 99.6 Å². The Morgan fingerprint density at radius 2 is 1.97 bits per heavy atom. The van der Waals surface area contributed by atoms with E-state index < -0.39 is 18.0 Å². The number of piperidine rings is 1. The van der Waals surface area contributed by atoms with E-state index >= 15 is 0 Å². The molecule has 1 fully saturated rings. The predicted octanol–water partition coefficient (Wildman–Crippen LogP) is 6.07. The maximum atomic E-state index is 13.7. The van der Waals surface area contributed by atoms with E-state index in [0.29, 0.717) is 46.7 Å². The van der Waals surface area contributed by atoms with Crippen LogP contribution in [0.4, 0.5) is 21.6 Å². The van der Waals surface area contributed by atoms with Crippen LogP contribution in [0.5, 0.6) is 5.75 Å². The smallest absolute Gasteiger partial charge is 0.248 e. The van der Waals surface area contributed by atoms with Crippen molar-refractivity contribution in [2.24, 2.45) is 0 Å². The van der Waals surface area contributed by atoms with Crippen molar-refractivity contribution in [1.82, 2.24) is 14.9 Å². The second kappa shape index (κ2) is 13.7. The summed E-state index contributed by atoms with van der Waals surface area (Å²) < 4.78 is 19.9. The molecule has 4 rings (SSSR count). The molecule has 3 N–H and O–H groups in total. The van der Waals surface area contributed by atoms with Crippen LogP contribution in [0.25, 0.3) is 10.9 Å². The summed E-state index contributed by atoms with van der Waals surface area (Å²) in [5.74, 6) is 0.0340. The van der Waals surface area contributed by atoms with Crippen LogP contribution in [0.1, 0.15) is 46.0 Å². The number of aliphatic hydroxyl groups is 1. The predicted molar refractivity (Wildman–Crippen MR) is 153 cm³/mol. The second-order valence-corrected chi connectivity index (χ2v) is 10.0. The summed E-state index contributed by atoms with van der Waals surface area (Å²) in [4.78, 5) is 24.0. The molecule has 1 aliphatic heterocycles. The fourth-order valence-electron chi connectivity index (χ4n) is 4.57. The number of nitrogens with zero attached hydrogens (tertiary/aromatic N) is 3. The number of hydrogen-bond acceptors (Lipinski definition) is 7. The Hall–Kier alpha value is -3.27. The molecule has 0 spiro atoms. The number of hydrogen-bond donors (Lipinski definition) is 3. The zero-order valence-corrected chi connectivity index (χ0v) is 23.0. The number of aromatic nitrogens is 2. The van der Waals surface area contributed by atoms with Gasteiger partial charge in [0.25, 0.3) is 0 Å². The first-order valence-electron chi connectivity index (χ1n) is 13.4. The number of likely N-dealkylation sites (tertiary alicyclic amines) is 1. The average Bonchev–Trinajstić information content (AvgIpc) is 2.94. The quantitative estimate of drug-likeness (QED) is 0.247. The number of ether oxygens (including phenoxy) is 1. The minimum Gasteiger partial charge on any atom is -0.485 e. The molecule has 0 aliphatic carbocycles. The highest BCUT2D eigenvalue weighted by Gasteiger charge is 2.21. The number of carbonyl (C=O) groups excluding carboxylic acids is 1. The monoisotopic (exact) mass is 555 g/mol. The van der Waals surface area contributed by atoms with Crippen molar-refractivity contribution < 1.29 is 19.0 Å². The minimum absolute atomic E-state index is 0.0153. The molecule has 3 aromatic rings. The molecule has 208 valence electrons. The standard InChI is InChI=1S/C29H35ClFN5O3/c1-3-25(37)26(4-2)39-27-17-23-20(29(33-18-32-23)34-19-10-11-22(31)21(30)15-19)16-24(27)35-28(38)9-8-14-36-12-6-5-7-13-36/h8-11,15-18,25-26,37H,3-7,12-14H2,1-2H3,(H,35,38)(H,32,33,34)/b9-8+. The van der Waals surface area contributed by atoms with Gasteiger partial charge in [-0.3, -0.25) is 9.69 Å². The number of benzene rings is 2. The van der Waals surface area contributed by atoms with Gasteiger partial charge in [0.05, 0.1) is 22.3 Å². The lowest BCUT2D eigenvalue weighted by molar-refractivity contribution is -0.111. The third kappa shape index (κ3) is 7.65. The van der Waals surface area contributed by atoms with Crippen molar-refractivity contribution >= 4 is 45.6 Å². The highest BCUT2D eigenvalue weighted by molar-refractivity contribution is 6.31. The van der Waals surface area contributed by atoms with Crippen LogP contribution >= 0.6 is 11.6 Å². The molecule has 0 saturated carbocycles. The highest BCUT2D eigenvalue weighted by atomic mass is 35.5. The van der Waals surface area contributed by atoms with Gasteiger partial charge in [-0.25, -0.2) is 14.4 Å². The number of anilines is 3. The van der Waals surface area contributed by atoms with Gasteiger partial charge in [-0.2, -0.15) is 0 Å². The van der Waals surface area contributed by atoms with Gasteiger partial charge in [-0.15, -0.1) is 0 Å². The maximum Gasteiger partial charge on any atom is 0.248 e. The third-order valence-corrected chi connectivity index (χ3v) is 7.08. The lowest BCUT2D eigenvalue weighted by Gasteiger charge is -2.25. The first kappa shape index (κ1) is 28.7. The van der Waals surface area contributed by atoms with E-state index in [9.17, 15) is 14.3 Å². The number of rotatable bonds is 11. The Labute approximate surface area is 233 Å². The Morgan fingerprint density at radius 3 is 2.69 bits per heavy atom. The van der Waals surface area contributed by atoms with Crippen LogP contribution in [0.3, 0.4) is 0 Å². The zero-order valence-electron chi connectivity index (χ0n) is 22.3. The minimum atomic E-state index is -0.662. The van der Waals surface area contributed by atoms with Gasteiger partial charge in [-0.05, 0) is 63.0 Å². The lowest BCUT2D eigenvalue weighted by atomic mass is 10.1. The summed E-state index contributed by atoms with van der Waals surface area (Å²) in [6.45, 7) is 6.63. The van der Waals surface area contributed by atoms with E-state index in [2.05, 4.69) is 25.5 Å². The summed E-state index contributed by atoms with van der Waals surface area (Å²) in [7, 11) is 0. The molecular weight excluding hydrogens is 521 g/mol. The number of aliphatic hydroxyl groups excluding tert-OH is 1. The van der Waals surface area contributed by atoms with Gasteiger partial charge >= 0.3 is 0 Å². The van der Waals surface area contributed by atoms with Gasteiger partial charge in [0.1, 0.15) is 29.8 Å². The van der Waals surface area contributed by atoms with Crippen molar-refractivity contribution in [3.63, 3.8) is 0 Å². The van der Waals surface area contributed by atoms with Crippen molar-refractivity contribution in [1.29, 1.82) is 0 Å². The Morgan fingerprint density at radius 1 is 1.18 bits per heavy atom. The number of fused-ring (bicyclic) bond motifs is 1. The molecule has 2 atom stereocenters. The van der Waals surface area contributed by atoms with Crippen molar-refractivity contribution in [3.8, 4) is 5.75 Å². The highest BCUT2D eigenvalue weighted by Crippen LogP contribution is 2.35. The van der Waals surface area contributed by atoms with E-state index in [1.807, 2.05) is 19.9 Å². The van der Waals surface area contributed by atoms with Crippen LogP contribution in [0, 0.1) is 5.82 Å². The summed E-state index contributed by atoms with van der Waals surface area (Å²) in [5, 5.41) is 17.1. The molecule has 0 radical (unpaired) electrons. The fourth-order valence-corrected chi connectivity index (χ4v) is 4.75. The Balaban J connectivity index is 1.64. The van der Waals surface area contributed by atoms with Crippen molar-refractivity contribution in [2.45, 2.75) is 58.2 Å². The summed E-state index contributed by atoms with van der Waals surface area (Å²) in [5.41, 5.74) is 1.53. The van der Waals surface area contributed by atoms with Gasteiger partial charge in [-0.1, -0.05) is 37.9 Å². The van der Waals surface area contributed by atoms with E-state index in [0.717, 1.165) is 19.6 Å². The molecule has 1 saturated heterocycles. The Kier molecular flexibility index (Phi) is 10.1. The molecule has 0 bridgehead atoms. The van der Waals surface area contributed by atoms with Crippen molar-refractivity contribution in [3.05, 3.63) is 59.7 Å². The molecular formula is C29H35ClFN5O3. The molecule has 1 aromatic heterocycles. The Bertz CT molecular complexity index is 1320. The second-order valence-electron chi connectivity index (χ2n) is 9.63. The molecule has 39 heavy (non-hydrogen) atoms. The summed E-state index contributed by atoms with van der Waals surface area (Å²) >= 11 is 5.95. The SMILES string of the molecule is CCC(O)C(CC)Oc1cc2ncnc(Nc3ccc(F)c(Cl)c3)c2cc1NC(=O)/C=C/CN1CCCCC1. The molecule has 8 nitrogen and oxygen atoms in total. The van der Waals surface area contributed by atoms with E-state index in [1.54, 1.807) is 18.2 Å². The number of halogens is 2. The first-order valence-corrected chi connectivity index (χ1v) is 13.8. The van der Waals surface area contributed by atoms with Crippen LogP contribution in [-0.2, 0) is 4.79 Å².